The first-order chi connectivity index (χ1) is 8.81. The summed E-state index contributed by atoms with van der Waals surface area (Å²) < 4.78 is 0. The van der Waals surface area contributed by atoms with Gasteiger partial charge < -0.3 is 10.4 Å². The summed E-state index contributed by atoms with van der Waals surface area (Å²) in [7, 11) is 0. The van der Waals surface area contributed by atoms with Gasteiger partial charge in [0.05, 0.1) is 18.5 Å². The summed E-state index contributed by atoms with van der Waals surface area (Å²) in [5.41, 5.74) is 3.31. The number of aliphatic hydroxyl groups is 1. The molecule has 18 heavy (non-hydrogen) atoms. The molecule has 0 saturated carbocycles. The summed E-state index contributed by atoms with van der Waals surface area (Å²) in [4.78, 5) is 3.98. The summed E-state index contributed by atoms with van der Waals surface area (Å²) in [5, 5.41) is 20.8. The fourth-order valence-corrected chi connectivity index (χ4v) is 1.53. The number of rotatable bonds is 4. The van der Waals surface area contributed by atoms with Gasteiger partial charge in [0.25, 0.3) is 0 Å². The van der Waals surface area contributed by atoms with E-state index in [0.717, 1.165) is 16.8 Å². The molecule has 1 heterocycles. The fraction of sp³-hybridized carbons (Fsp3) is 0.143. The zero-order valence-corrected chi connectivity index (χ0v) is 9.80. The van der Waals surface area contributed by atoms with Gasteiger partial charge in [-0.2, -0.15) is 5.26 Å². The summed E-state index contributed by atoms with van der Waals surface area (Å²) in [5.74, 6) is 0. The fourth-order valence-electron chi connectivity index (χ4n) is 1.53. The molecule has 0 aliphatic rings. The normalized spacial score (nSPS) is 9.78. The van der Waals surface area contributed by atoms with Crippen LogP contribution in [0.1, 0.15) is 16.8 Å². The Morgan fingerprint density at radius 3 is 2.39 bits per heavy atom. The van der Waals surface area contributed by atoms with Gasteiger partial charge >= 0.3 is 0 Å². The minimum atomic E-state index is 0.0627. The molecule has 1 aromatic carbocycles. The molecule has 2 aromatic rings. The van der Waals surface area contributed by atoms with E-state index in [-0.39, 0.29) is 6.61 Å². The van der Waals surface area contributed by atoms with E-state index in [1.807, 2.05) is 36.4 Å². The Kier molecular flexibility index (Phi) is 3.90. The second-order valence-electron chi connectivity index (χ2n) is 3.87. The van der Waals surface area contributed by atoms with E-state index in [0.29, 0.717) is 12.2 Å². The number of hydrogen-bond acceptors (Lipinski definition) is 4. The standard InChI is InChI=1S/C14H13N3O/c15-7-13-5-6-14(9-17-13)16-8-11-1-3-12(10-18)4-2-11/h1-6,9,16,18H,8,10H2. The van der Waals surface area contributed by atoms with Crippen molar-refractivity contribution in [3.05, 3.63) is 59.4 Å². The lowest BCUT2D eigenvalue weighted by atomic mass is 10.1. The maximum absolute atomic E-state index is 8.94. The molecule has 0 spiro atoms. The molecule has 0 bridgehead atoms. The zero-order valence-electron chi connectivity index (χ0n) is 9.80. The maximum Gasteiger partial charge on any atom is 0.140 e. The Labute approximate surface area is 106 Å². The Hall–Kier alpha value is -2.38. The lowest BCUT2D eigenvalue weighted by Crippen LogP contribution is -2.00. The molecule has 2 N–H and O–H groups in total. The predicted molar refractivity (Wildman–Crippen MR) is 68.6 cm³/mol. The van der Waals surface area contributed by atoms with Gasteiger partial charge in [-0.3, -0.25) is 0 Å². The molecule has 0 fully saturated rings. The smallest absolute Gasteiger partial charge is 0.140 e. The minimum Gasteiger partial charge on any atom is -0.392 e. The van der Waals surface area contributed by atoms with Crippen molar-refractivity contribution < 1.29 is 5.11 Å². The van der Waals surface area contributed by atoms with Crippen molar-refractivity contribution in [1.29, 1.82) is 5.26 Å². The number of aliphatic hydroxyl groups excluding tert-OH is 1. The van der Waals surface area contributed by atoms with E-state index in [1.54, 1.807) is 12.3 Å². The van der Waals surface area contributed by atoms with Crippen LogP contribution in [-0.4, -0.2) is 10.1 Å². The number of anilines is 1. The highest BCUT2D eigenvalue weighted by Gasteiger charge is 1.96. The van der Waals surface area contributed by atoms with Crippen molar-refractivity contribution in [2.24, 2.45) is 0 Å². The third-order valence-corrected chi connectivity index (χ3v) is 2.58. The van der Waals surface area contributed by atoms with Crippen LogP contribution >= 0.6 is 0 Å². The van der Waals surface area contributed by atoms with E-state index < -0.39 is 0 Å². The number of benzene rings is 1. The summed E-state index contributed by atoms with van der Waals surface area (Å²) in [6, 6.07) is 13.2. The summed E-state index contributed by atoms with van der Waals surface area (Å²) >= 11 is 0. The lowest BCUT2D eigenvalue weighted by molar-refractivity contribution is 0.282. The number of hydrogen-bond donors (Lipinski definition) is 2. The van der Waals surface area contributed by atoms with Gasteiger partial charge in [-0.15, -0.1) is 0 Å². The molecular weight excluding hydrogens is 226 g/mol. The second-order valence-corrected chi connectivity index (χ2v) is 3.87. The van der Waals surface area contributed by atoms with E-state index in [4.69, 9.17) is 10.4 Å². The van der Waals surface area contributed by atoms with Crippen molar-refractivity contribution in [2.45, 2.75) is 13.2 Å². The van der Waals surface area contributed by atoms with Crippen LogP contribution in [0.5, 0.6) is 0 Å². The lowest BCUT2D eigenvalue weighted by Gasteiger charge is -2.06. The Morgan fingerprint density at radius 2 is 1.83 bits per heavy atom. The monoisotopic (exact) mass is 239 g/mol. The molecule has 4 heteroatoms. The van der Waals surface area contributed by atoms with Gasteiger partial charge in [0.15, 0.2) is 0 Å². The van der Waals surface area contributed by atoms with Crippen molar-refractivity contribution in [2.75, 3.05) is 5.32 Å². The van der Waals surface area contributed by atoms with E-state index >= 15 is 0 Å². The van der Waals surface area contributed by atoms with Gasteiger partial charge in [0, 0.05) is 6.54 Å². The molecule has 0 radical (unpaired) electrons. The summed E-state index contributed by atoms with van der Waals surface area (Å²) in [6.07, 6.45) is 1.64. The molecule has 0 aliphatic carbocycles. The molecule has 4 nitrogen and oxygen atoms in total. The predicted octanol–water partition coefficient (Wildman–Crippen LogP) is 2.06. The molecule has 0 amide bonds. The zero-order chi connectivity index (χ0) is 12.8. The van der Waals surface area contributed by atoms with Gasteiger partial charge in [0.1, 0.15) is 11.8 Å². The van der Waals surface area contributed by atoms with Crippen LogP contribution in [0.2, 0.25) is 0 Å². The van der Waals surface area contributed by atoms with Crippen LogP contribution in [0.15, 0.2) is 42.6 Å². The highest BCUT2D eigenvalue weighted by Crippen LogP contribution is 2.09. The van der Waals surface area contributed by atoms with Crippen LogP contribution < -0.4 is 5.32 Å². The van der Waals surface area contributed by atoms with Gasteiger partial charge in [-0.25, -0.2) is 4.98 Å². The third-order valence-electron chi connectivity index (χ3n) is 2.58. The third kappa shape index (κ3) is 3.06. The number of nitrogens with one attached hydrogen (secondary N) is 1. The number of nitrogens with zero attached hydrogens (tertiary/aromatic N) is 2. The van der Waals surface area contributed by atoms with Gasteiger partial charge in [-0.1, -0.05) is 24.3 Å². The van der Waals surface area contributed by atoms with Crippen LogP contribution in [0.4, 0.5) is 5.69 Å². The second kappa shape index (κ2) is 5.80. The minimum absolute atomic E-state index is 0.0627. The average Bonchev–Trinajstić information content (AvgIpc) is 2.46. The first-order valence-electron chi connectivity index (χ1n) is 5.60. The first kappa shape index (κ1) is 12.1. The quantitative estimate of drug-likeness (QED) is 0.856. The van der Waals surface area contributed by atoms with Crippen molar-refractivity contribution in [3.63, 3.8) is 0 Å². The number of aromatic nitrogens is 1. The van der Waals surface area contributed by atoms with Crippen LogP contribution in [-0.2, 0) is 13.2 Å². The number of pyridine rings is 1. The topological polar surface area (TPSA) is 68.9 Å². The maximum atomic E-state index is 8.94. The SMILES string of the molecule is N#Cc1ccc(NCc2ccc(CO)cc2)cn1. The van der Waals surface area contributed by atoms with Gasteiger partial charge in [0.2, 0.25) is 0 Å². The molecule has 1 aromatic heterocycles. The molecule has 0 atom stereocenters. The van der Waals surface area contributed by atoms with Crippen molar-refractivity contribution in [3.8, 4) is 6.07 Å². The van der Waals surface area contributed by atoms with Crippen molar-refractivity contribution in [1.82, 2.24) is 4.98 Å². The summed E-state index contributed by atoms with van der Waals surface area (Å²) in [6.45, 7) is 0.743. The molecule has 0 aliphatic heterocycles. The average molecular weight is 239 g/mol. The van der Waals surface area contributed by atoms with Crippen LogP contribution in [0.3, 0.4) is 0 Å². The van der Waals surface area contributed by atoms with Crippen molar-refractivity contribution >= 4 is 5.69 Å². The molecule has 0 unspecified atom stereocenters. The van der Waals surface area contributed by atoms with Gasteiger partial charge in [-0.05, 0) is 23.3 Å². The largest absolute Gasteiger partial charge is 0.392 e. The molecule has 2 rings (SSSR count). The number of nitriles is 1. The Bertz CT molecular complexity index is 541. The molecule has 90 valence electrons. The molecule has 0 saturated heterocycles. The van der Waals surface area contributed by atoms with E-state index in [9.17, 15) is 0 Å². The highest BCUT2D eigenvalue weighted by atomic mass is 16.3. The Balaban J connectivity index is 1.95. The van der Waals surface area contributed by atoms with Crippen LogP contribution in [0.25, 0.3) is 0 Å². The molecular formula is C14H13N3O. The Morgan fingerprint density at radius 1 is 1.11 bits per heavy atom. The van der Waals surface area contributed by atoms with Crippen LogP contribution in [0, 0.1) is 11.3 Å². The van der Waals surface area contributed by atoms with E-state index in [2.05, 4.69) is 10.3 Å². The highest BCUT2D eigenvalue weighted by molar-refractivity contribution is 5.43. The first-order valence-corrected chi connectivity index (χ1v) is 5.60. The van der Waals surface area contributed by atoms with E-state index in [1.165, 1.54) is 0 Å².